The first kappa shape index (κ1) is 22.7. The Kier molecular flexibility index (Phi) is 7.67. The number of aryl methyl sites for hydroxylation is 1. The largest absolute Gasteiger partial charge is 0.497 e. The molecule has 158 valence electrons. The number of benzene rings is 2. The minimum atomic E-state index is -3.69. The van der Waals surface area contributed by atoms with Gasteiger partial charge in [-0.15, -0.1) is 0 Å². The minimum absolute atomic E-state index is 0.242. The highest BCUT2D eigenvalue weighted by Gasteiger charge is 2.32. The third-order valence-electron chi connectivity index (χ3n) is 4.88. The molecule has 2 rings (SSSR count). The summed E-state index contributed by atoms with van der Waals surface area (Å²) in [5.74, 6) is 0.184. The molecule has 0 aliphatic rings. The van der Waals surface area contributed by atoms with Crippen LogP contribution in [0.15, 0.2) is 48.5 Å². The second-order valence-electron chi connectivity index (χ2n) is 7.01. The van der Waals surface area contributed by atoms with Gasteiger partial charge in [-0.2, -0.15) is 0 Å². The molecule has 0 bridgehead atoms. The molecule has 7 heteroatoms. The van der Waals surface area contributed by atoms with Crippen LogP contribution in [0.5, 0.6) is 5.75 Å². The van der Waals surface area contributed by atoms with E-state index in [1.807, 2.05) is 31.2 Å². The van der Waals surface area contributed by atoms with Crippen LogP contribution >= 0.6 is 0 Å². The van der Waals surface area contributed by atoms with Gasteiger partial charge >= 0.3 is 0 Å². The summed E-state index contributed by atoms with van der Waals surface area (Å²) in [7, 11) is -2.18. The summed E-state index contributed by atoms with van der Waals surface area (Å²) < 4.78 is 31.5. The van der Waals surface area contributed by atoms with Gasteiger partial charge in [-0.25, -0.2) is 8.42 Å². The zero-order valence-corrected chi connectivity index (χ0v) is 18.5. The first-order valence-corrected chi connectivity index (χ1v) is 11.6. The molecular formula is C22H30N2O4S. The maximum Gasteiger partial charge on any atom is 0.244 e. The van der Waals surface area contributed by atoms with Crippen molar-refractivity contribution in [2.24, 2.45) is 0 Å². The molecule has 2 atom stereocenters. The zero-order chi connectivity index (χ0) is 21.6. The quantitative estimate of drug-likeness (QED) is 0.674. The highest BCUT2D eigenvalue weighted by molar-refractivity contribution is 7.92. The first-order chi connectivity index (χ1) is 13.7. The molecule has 0 saturated carbocycles. The van der Waals surface area contributed by atoms with E-state index in [9.17, 15) is 13.2 Å². The molecule has 0 saturated heterocycles. The Balaban J connectivity index is 2.29. The lowest BCUT2D eigenvalue weighted by atomic mass is 10.0. The predicted octanol–water partition coefficient (Wildman–Crippen LogP) is 3.68. The lowest BCUT2D eigenvalue weighted by Gasteiger charge is -2.31. The topological polar surface area (TPSA) is 75.7 Å². The fourth-order valence-corrected chi connectivity index (χ4v) is 4.45. The van der Waals surface area contributed by atoms with E-state index in [4.69, 9.17) is 4.74 Å². The van der Waals surface area contributed by atoms with Crippen molar-refractivity contribution < 1.29 is 17.9 Å². The molecule has 0 aliphatic heterocycles. The summed E-state index contributed by atoms with van der Waals surface area (Å²) in [5.41, 5.74) is 2.59. The molecule has 0 spiro atoms. The van der Waals surface area contributed by atoms with Crippen LogP contribution in [0, 0.1) is 0 Å². The molecule has 0 radical (unpaired) electrons. The number of carbonyl (C=O) groups excluding carboxylic acids is 1. The number of rotatable bonds is 9. The first-order valence-electron chi connectivity index (χ1n) is 9.73. The van der Waals surface area contributed by atoms with Gasteiger partial charge in [0.1, 0.15) is 11.8 Å². The van der Waals surface area contributed by atoms with E-state index in [2.05, 4.69) is 12.2 Å². The fraction of sp³-hybridized carbons (Fsp3) is 0.409. The van der Waals surface area contributed by atoms with Gasteiger partial charge in [0.05, 0.1) is 25.1 Å². The summed E-state index contributed by atoms with van der Waals surface area (Å²) in [6, 6.07) is 13.6. The lowest BCUT2D eigenvalue weighted by molar-refractivity contribution is -0.122. The molecule has 0 fully saturated rings. The third-order valence-corrected chi connectivity index (χ3v) is 6.06. The van der Waals surface area contributed by atoms with E-state index < -0.39 is 16.1 Å². The Morgan fingerprint density at radius 3 is 2.31 bits per heavy atom. The minimum Gasteiger partial charge on any atom is -0.497 e. The average Bonchev–Trinajstić information content (AvgIpc) is 2.70. The predicted molar refractivity (Wildman–Crippen MR) is 117 cm³/mol. The molecule has 29 heavy (non-hydrogen) atoms. The van der Waals surface area contributed by atoms with Gasteiger partial charge < -0.3 is 10.1 Å². The van der Waals surface area contributed by atoms with Gasteiger partial charge in [0.25, 0.3) is 0 Å². The van der Waals surface area contributed by atoms with Crippen molar-refractivity contribution in [2.75, 3.05) is 17.7 Å². The number of anilines is 1. The van der Waals surface area contributed by atoms with Gasteiger partial charge in [0, 0.05) is 6.07 Å². The van der Waals surface area contributed by atoms with E-state index in [0.717, 1.165) is 22.5 Å². The molecule has 0 unspecified atom stereocenters. The van der Waals surface area contributed by atoms with Gasteiger partial charge in [-0.05, 0) is 43.0 Å². The second kappa shape index (κ2) is 9.78. The summed E-state index contributed by atoms with van der Waals surface area (Å²) >= 11 is 0. The van der Waals surface area contributed by atoms with Gasteiger partial charge in [-0.1, -0.05) is 44.2 Å². The summed E-state index contributed by atoms with van der Waals surface area (Å²) in [4.78, 5) is 13.0. The molecule has 2 aromatic rings. The molecule has 0 aliphatic carbocycles. The van der Waals surface area contributed by atoms with E-state index in [1.54, 1.807) is 31.2 Å². The smallest absolute Gasteiger partial charge is 0.244 e. The molecule has 0 heterocycles. The molecule has 6 nitrogen and oxygen atoms in total. The number of nitrogens with zero attached hydrogens (tertiary/aromatic N) is 1. The van der Waals surface area contributed by atoms with Crippen molar-refractivity contribution in [3.63, 3.8) is 0 Å². The SMILES string of the molecule is CCc1ccc([C@@H](C)NC(=O)[C@H](CC)N(c2cccc(OC)c2)S(C)(=O)=O)cc1. The Hall–Kier alpha value is -2.54. The van der Waals surface area contributed by atoms with E-state index in [0.29, 0.717) is 17.9 Å². The summed E-state index contributed by atoms with van der Waals surface area (Å²) in [5, 5.41) is 2.96. The molecular weight excluding hydrogens is 388 g/mol. The number of hydrogen-bond donors (Lipinski definition) is 1. The van der Waals surface area contributed by atoms with Crippen molar-refractivity contribution in [1.29, 1.82) is 0 Å². The van der Waals surface area contributed by atoms with E-state index in [1.165, 1.54) is 12.7 Å². The summed E-state index contributed by atoms with van der Waals surface area (Å²) in [6.45, 7) is 5.77. The summed E-state index contributed by atoms with van der Waals surface area (Å²) in [6.07, 6.45) is 2.38. The number of carbonyl (C=O) groups is 1. The van der Waals surface area contributed by atoms with Crippen molar-refractivity contribution >= 4 is 21.6 Å². The van der Waals surface area contributed by atoms with Crippen molar-refractivity contribution in [3.05, 3.63) is 59.7 Å². The highest BCUT2D eigenvalue weighted by Crippen LogP contribution is 2.27. The van der Waals surface area contributed by atoms with Crippen LogP contribution in [0.25, 0.3) is 0 Å². The molecule has 1 amide bonds. The Morgan fingerprint density at radius 1 is 1.14 bits per heavy atom. The van der Waals surface area contributed by atoms with Gasteiger partial charge in [-0.3, -0.25) is 9.10 Å². The highest BCUT2D eigenvalue weighted by atomic mass is 32.2. The number of ether oxygens (including phenoxy) is 1. The number of methoxy groups -OCH3 is 1. The van der Waals surface area contributed by atoms with Crippen LogP contribution in [0.4, 0.5) is 5.69 Å². The number of sulfonamides is 1. The zero-order valence-electron chi connectivity index (χ0n) is 17.7. The van der Waals surface area contributed by atoms with E-state index >= 15 is 0 Å². The van der Waals surface area contributed by atoms with Crippen molar-refractivity contribution in [3.8, 4) is 5.75 Å². The van der Waals surface area contributed by atoms with Crippen molar-refractivity contribution in [1.82, 2.24) is 5.32 Å². The molecule has 2 aromatic carbocycles. The van der Waals surface area contributed by atoms with Gasteiger partial charge in [0.2, 0.25) is 15.9 Å². The Morgan fingerprint density at radius 2 is 1.79 bits per heavy atom. The maximum atomic E-state index is 13.0. The van der Waals surface area contributed by atoms with Crippen molar-refractivity contribution in [2.45, 2.75) is 45.7 Å². The third kappa shape index (κ3) is 5.73. The number of hydrogen-bond acceptors (Lipinski definition) is 4. The standard InChI is InChI=1S/C22H30N2O4S/c1-6-17-11-13-18(14-12-17)16(3)23-22(25)21(7-2)24(29(5,26)27)19-9-8-10-20(15-19)28-4/h8-16,21H,6-7H2,1-5H3,(H,23,25)/t16-,21+/m1/s1. The average molecular weight is 419 g/mol. The second-order valence-corrected chi connectivity index (χ2v) is 8.87. The molecule has 0 aromatic heterocycles. The normalized spacial score (nSPS) is 13.4. The van der Waals surface area contributed by atoms with Crippen LogP contribution in [0.1, 0.15) is 44.4 Å². The van der Waals surface area contributed by atoms with Crippen LogP contribution < -0.4 is 14.4 Å². The number of nitrogens with one attached hydrogen (secondary N) is 1. The van der Waals surface area contributed by atoms with Crippen LogP contribution in [0.3, 0.4) is 0 Å². The van der Waals surface area contributed by atoms with Crippen LogP contribution in [-0.2, 0) is 21.2 Å². The molecule has 1 N–H and O–H groups in total. The van der Waals surface area contributed by atoms with E-state index in [-0.39, 0.29) is 11.9 Å². The Labute approximate surface area is 173 Å². The van der Waals surface area contributed by atoms with Crippen LogP contribution in [-0.4, -0.2) is 33.7 Å². The fourth-order valence-electron chi connectivity index (χ4n) is 3.24. The van der Waals surface area contributed by atoms with Crippen LogP contribution in [0.2, 0.25) is 0 Å². The monoisotopic (exact) mass is 418 g/mol. The number of amides is 1. The Bertz CT molecular complexity index is 926. The lowest BCUT2D eigenvalue weighted by Crippen LogP contribution is -2.49. The maximum absolute atomic E-state index is 13.0. The van der Waals surface area contributed by atoms with Gasteiger partial charge in [0.15, 0.2) is 0 Å².